The minimum absolute atomic E-state index is 0.249. The van der Waals surface area contributed by atoms with Crippen molar-refractivity contribution in [1.29, 1.82) is 0 Å². The molecule has 0 aliphatic carbocycles. The SMILES string of the molecule is CC(C)(C)CNCc1ccc(OCCCc2ccccc2)cc1OCCCc1ccccc1. The minimum Gasteiger partial charge on any atom is -0.493 e. The molecule has 3 rings (SSSR count). The van der Waals surface area contributed by atoms with Gasteiger partial charge in [-0.1, -0.05) is 87.5 Å². The predicted octanol–water partition coefficient (Wildman–Crippen LogP) is 6.85. The highest BCUT2D eigenvalue weighted by molar-refractivity contribution is 5.41. The Balaban J connectivity index is 1.53. The number of rotatable bonds is 13. The Kier molecular flexibility index (Phi) is 9.83. The van der Waals surface area contributed by atoms with Crippen LogP contribution in [0.15, 0.2) is 78.9 Å². The zero-order valence-electron chi connectivity index (χ0n) is 20.5. The fourth-order valence-electron chi connectivity index (χ4n) is 3.69. The molecule has 0 spiro atoms. The van der Waals surface area contributed by atoms with Crippen molar-refractivity contribution in [2.24, 2.45) is 5.41 Å². The zero-order valence-corrected chi connectivity index (χ0v) is 20.5. The van der Waals surface area contributed by atoms with Crippen molar-refractivity contribution in [2.75, 3.05) is 19.8 Å². The third-order valence-corrected chi connectivity index (χ3v) is 5.44. The molecule has 0 saturated carbocycles. The van der Waals surface area contributed by atoms with Crippen molar-refractivity contribution in [3.05, 3.63) is 95.6 Å². The van der Waals surface area contributed by atoms with E-state index in [1.165, 1.54) is 16.7 Å². The van der Waals surface area contributed by atoms with Crippen LogP contribution in [0.5, 0.6) is 11.5 Å². The topological polar surface area (TPSA) is 30.5 Å². The average molecular weight is 446 g/mol. The maximum absolute atomic E-state index is 6.24. The first-order chi connectivity index (χ1) is 16.0. The highest BCUT2D eigenvalue weighted by atomic mass is 16.5. The standard InChI is InChI=1S/C30H39NO2/c1-30(2,3)24-31-23-27-18-19-28(32-20-10-16-25-12-6-4-7-13-25)22-29(27)33-21-11-17-26-14-8-5-9-15-26/h4-9,12-15,18-19,22,31H,10-11,16-17,20-21,23-24H2,1-3H3. The molecule has 0 radical (unpaired) electrons. The van der Waals surface area contributed by atoms with Crippen molar-refractivity contribution in [1.82, 2.24) is 5.32 Å². The van der Waals surface area contributed by atoms with Crippen LogP contribution in [0.4, 0.5) is 0 Å². The Morgan fingerprint density at radius 3 is 1.85 bits per heavy atom. The largest absolute Gasteiger partial charge is 0.493 e. The fourth-order valence-corrected chi connectivity index (χ4v) is 3.69. The van der Waals surface area contributed by atoms with Crippen LogP contribution < -0.4 is 14.8 Å². The smallest absolute Gasteiger partial charge is 0.127 e. The summed E-state index contributed by atoms with van der Waals surface area (Å²) >= 11 is 0. The second kappa shape index (κ2) is 13.1. The monoisotopic (exact) mass is 445 g/mol. The first-order valence-corrected chi connectivity index (χ1v) is 12.2. The summed E-state index contributed by atoms with van der Waals surface area (Å²) in [7, 11) is 0. The summed E-state index contributed by atoms with van der Waals surface area (Å²) in [6, 6.07) is 27.4. The van der Waals surface area contributed by atoms with E-state index < -0.39 is 0 Å². The van der Waals surface area contributed by atoms with Gasteiger partial charge in [0.1, 0.15) is 11.5 Å². The van der Waals surface area contributed by atoms with E-state index in [0.29, 0.717) is 13.2 Å². The summed E-state index contributed by atoms with van der Waals surface area (Å²) in [5.41, 5.74) is 4.13. The predicted molar refractivity (Wildman–Crippen MR) is 138 cm³/mol. The highest BCUT2D eigenvalue weighted by Gasteiger charge is 2.11. The molecule has 0 amide bonds. The van der Waals surface area contributed by atoms with Gasteiger partial charge in [-0.25, -0.2) is 0 Å². The fraction of sp³-hybridized carbons (Fsp3) is 0.400. The summed E-state index contributed by atoms with van der Waals surface area (Å²) in [6.07, 6.45) is 4.03. The molecule has 0 aromatic heterocycles. The number of hydrogen-bond donors (Lipinski definition) is 1. The third-order valence-electron chi connectivity index (χ3n) is 5.44. The molecule has 3 aromatic carbocycles. The molecule has 3 heteroatoms. The van der Waals surface area contributed by atoms with Crippen LogP contribution in [0.2, 0.25) is 0 Å². The molecular weight excluding hydrogens is 406 g/mol. The molecule has 0 aliphatic rings. The molecule has 33 heavy (non-hydrogen) atoms. The molecule has 0 fully saturated rings. The van der Waals surface area contributed by atoms with Gasteiger partial charge in [-0.2, -0.15) is 0 Å². The van der Waals surface area contributed by atoms with E-state index in [2.05, 4.69) is 105 Å². The lowest BCUT2D eigenvalue weighted by Gasteiger charge is -2.20. The maximum Gasteiger partial charge on any atom is 0.127 e. The lowest BCUT2D eigenvalue weighted by Crippen LogP contribution is -2.26. The second-order valence-electron chi connectivity index (χ2n) is 9.81. The summed E-state index contributed by atoms with van der Waals surface area (Å²) in [5.74, 6) is 1.80. The number of benzene rings is 3. The van der Waals surface area contributed by atoms with Crippen molar-refractivity contribution < 1.29 is 9.47 Å². The number of nitrogens with one attached hydrogen (secondary N) is 1. The molecule has 0 atom stereocenters. The van der Waals surface area contributed by atoms with Crippen LogP contribution in [-0.4, -0.2) is 19.8 Å². The van der Waals surface area contributed by atoms with Gasteiger partial charge in [-0.3, -0.25) is 0 Å². The quantitative estimate of drug-likeness (QED) is 0.292. The Hall–Kier alpha value is -2.78. The van der Waals surface area contributed by atoms with Crippen molar-refractivity contribution in [3.8, 4) is 11.5 Å². The Morgan fingerprint density at radius 1 is 0.697 bits per heavy atom. The molecule has 1 N–H and O–H groups in total. The second-order valence-corrected chi connectivity index (χ2v) is 9.81. The molecular formula is C30H39NO2. The van der Waals surface area contributed by atoms with Gasteiger partial charge >= 0.3 is 0 Å². The van der Waals surface area contributed by atoms with Gasteiger partial charge in [0.25, 0.3) is 0 Å². The van der Waals surface area contributed by atoms with E-state index >= 15 is 0 Å². The average Bonchev–Trinajstić information content (AvgIpc) is 2.81. The van der Waals surface area contributed by atoms with E-state index in [4.69, 9.17) is 9.47 Å². The molecule has 0 saturated heterocycles. The number of hydrogen-bond acceptors (Lipinski definition) is 3. The van der Waals surface area contributed by atoms with Crippen LogP contribution in [0.3, 0.4) is 0 Å². The van der Waals surface area contributed by atoms with Crippen LogP contribution in [0.1, 0.15) is 50.3 Å². The number of aryl methyl sites for hydroxylation is 2. The molecule has 176 valence electrons. The Morgan fingerprint density at radius 2 is 1.27 bits per heavy atom. The summed E-state index contributed by atoms with van der Waals surface area (Å²) < 4.78 is 12.3. The third kappa shape index (κ3) is 9.71. The zero-order chi connectivity index (χ0) is 23.4. The Labute approximate surface area is 200 Å². The van der Waals surface area contributed by atoms with Crippen LogP contribution in [-0.2, 0) is 19.4 Å². The molecule has 0 heterocycles. The molecule has 0 aliphatic heterocycles. The first-order valence-electron chi connectivity index (χ1n) is 12.2. The molecule has 0 unspecified atom stereocenters. The van der Waals surface area contributed by atoms with Gasteiger partial charge in [-0.15, -0.1) is 0 Å². The number of ether oxygens (including phenoxy) is 2. The van der Waals surface area contributed by atoms with Gasteiger partial charge in [0, 0.05) is 24.7 Å². The first kappa shape index (κ1) is 24.9. The van der Waals surface area contributed by atoms with Crippen LogP contribution in [0.25, 0.3) is 0 Å². The minimum atomic E-state index is 0.249. The van der Waals surface area contributed by atoms with Gasteiger partial charge in [0.2, 0.25) is 0 Å². The van der Waals surface area contributed by atoms with E-state index in [0.717, 1.165) is 50.3 Å². The van der Waals surface area contributed by atoms with Gasteiger partial charge in [0.15, 0.2) is 0 Å². The maximum atomic E-state index is 6.24. The normalized spacial score (nSPS) is 11.4. The Bertz CT molecular complexity index is 933. The van der Waals surface area contributed by atoms with E-state index in [1.54, 1.807) is 0 Å². The summed E-state index contributed by atoms with van der Waals surface area (Å²) in [6.45, 7) is 9.87. The van der Waals surface area contributed by atoms with Gasteiger partial charge in [-0.05, 0) is 48.3 Å². The lowest BCUT2D eigenvalue weighted by atomic mass is 9.97. The lowest BCUT2D eigenvalue weighted by molar-refractivity contribution is 0.292. The molecule has 3 aromatic rings. The molecule has 3 nitrogen and oxygen atoms in total. The summed E-state index contributed by atoms with van der Waals surface area (Å²) in [4.78, 5) is 0. The van der Waals surface area contributed by atoms with Gasteiger partial charge < -0.3 is 14.8 Å². The van der Waals surface area contributed by atoms with E-state index in [1.807, 2.05) is 0 Å². The van der Waals surface area contributed by atoms with Crippen molar-refractivity contribution in [3.63, 3.8) is 0 Å². The highest BCUT2D eigenvalue weighted by Crippen LogP contribution is 2.26. The van der Waals surface area contributed by atoms with Gasteiger partial charge in [0.05, 0.1) is 13.2 Å². The van der Waals surface area contributed by atoms with Crippen LogP contribution in [0, 0.1) is 5.41 Å². The summed E-state index contributed by atoms with van der Waals surface area (Å²) in [5, 5.41) is 3.57. The van der Waals surface area contributed by atoms with Crippen LogP contribution >= 0.6 is 0 Å². The van der Waals surface area contributed by atoms with Crippen molar-refractivity contribution in [2.45, 2.75) is 53.0 Å². The van der Waals surface area contributed by atoms with E-state index in [-0.39, 0.29) is 5.41 Å². The van der Waals surface area contributed by atoms with Crippen molar-refractivity contribution >= 4 is 0 Å². The van der Waals surface area contributed by atoms with E-state index in [9.17, 15) is 0 Å². The molecule has 0 bridgehead atoms.